The Hall–Kier alpha value is -2.21. The molecule has 2 fully saturated rings. The van der Waals surface area contributed by atoms with Crippen LogP contribution in [-0.4, -0.2) is 36.5 Å². The summed E-state index contributed by atoms with van der Waals surface area (Å²) in [5.74, 6) is -0.992. The fraction of sp³-hybridized carbons (Fsp3) is 0.450. The fourth-order valence-electron chi connectivity index (χ4n) is 3.58. The highest BCUT2D eigenvalue weighted by Gasteiger charge is 2.35. The van der Waals surface area contributed by atoms with Crippen molar-refractivity contribution in [2.45, 2.75) is 32.9 Å². The van der Waals surface area contributed by atoms with Gasteiger partial charge >= 0.3 is 0 Å². The lowest BCUT2D eigenvalue weighted by atomic mass is 10.1. The fourth-order valence-corrected chi connectivity index (χ4v) is 3.58. The second-order valence-electron chi connectivity index (χ2n) is 6.94. The quantitative estimate of drug-likeness (QED) is 0.657. The topological polar surface area (TPSA) is 36.9 Å². The van der Waals surface area contributed by atoms with Crippen LogP contribution in [0.1, 0.15) is 25.8 Å². The first-order valence-corrected chi connectivity index (χ1v) is 8.94. The summed E-state index contributed by atoms with van der Waals surface area (Å²) in [4.78, 5) is 6.73. The molecular weight excluding hydrogens is 336 g/mol. The molecule has 0 saturated carbocycles. The maximum Gasteiger partial charge on any atom is 0.215 e. The van der Waals surface area contributed by atoms with Crippen LogP contribution in [0.3, 0.4) is 0 Å². The van der Waals surface area contributed by atoms with Gasteiger partial charge in [-0.3, -0.25) is 0 Å². The average Bonchev–Trinajstić information content (AvgIpc) is 2.91. The Bertz CT molecular complexity index is 745. The number of benzene rings is 1. The number of piperazine rings is 1. The Morgan fingerprint density at radius 3 is 3.04 bits per heavy atom. The molecule has 0 radical (unpaired) electrons. The summed E-state index contributed by atoms with van der Waals surface area (Å²) in [6, 6.07) is 4.55. The van der Waals surface area contributed by atoms with Gasteiger partial charge in [0.1, 0.15) is 6.61 Å². The number of nitrogens with one attached hydrogen (secondary N) is 1. The van der Waals surface area contributed by atoms with Gasteiger partial charge in [0.15, 0.2) is 11.6 Å². The standard InChI is InChI=1S/C20H25F2N3O/c1-13(2)24-19(26-12-15-5-4-6-17(21)20(15)22)10-18-14(3)9-16-11-23-7-8-25(16)18/h4-6,10,14,16,23H,1,7-9,11-12H2,2-3H3/b18-10+,24-19+. The van der Waals surface area contributed by atoms with E-state index in [-0.39, 0.29) is 12.2 Å². The lowest BCUT2D eigenvalue weighted by molar-refractivity contribution is 0.243. The molecule has 2 aliphatic heterocycles. The zero-order valence-electron chi connectivity index (χ0n) is 15.3. The number of ether oxygens (including phenoxy) is 1. The highest BCUT2D eigenvalue weighted by molar-refractivity contribution is 5.89. The third-order valence-electron chi connectivity index (χ3n) is 4.79. The molecule has 2 aliphatic rings. The molecule has 3 rings (SSSR count). The molecule has 26 heavy (non-hydrogen) atoms. The predicted molar refractivity (Wildman–Crippen MR) is 98.6 cm³/mol. The molecule has 140 valence electrons. The Balaban J connectivity index is 1.80. The number of nitrogens with zero attached hydrogens (tertiary/aromatic N) is 2. The van der Waals surface area contributed by atoms with Crippen LogP contribution >= 0.6 is 0 Å². The minimum absolute atomic E-state index is 0.0845. The predicted octanol–water partition coefficient (Wildman–Crippen LogP) is 3.61. The Morgan fingerprint density at radius 2 is 2.27 bits per heavy atom. The van der Waals surface area contributed by atoms with E-state index in [9.17, 15) is 8.78 Å². The molecule has 0 aromatic heterocycles. The molecule has 0 spiro atoms. The molecule has 1 N–H and O–H groups in total. The maximum absolute atomic E-state index is 13.9. The van der Waals surface area contributed by atoms with Crippen LogP contribution in [0.4, 0.5) is 8.78 Å². The first kappa shape index (κ1) is 18.6. The summed E-state index contributed by atoms with van der Waals surface area (Å²) < 4.78 is 33.0. The molecule has 1 aromatic rings. The van der Waals surface area contributed by atoms with Crippen molar-refractivity contribution in [3.8, 4) is 0 Å². The van der Waals surface area contributed by atoms with Crippen LogP contribution in [-0.2, 0) is 11.3 Å². The lowest BCUT2D eigenvalue weighted by Crippen LogP contribution is -2.47. The minimum atomic E-state index is -0.883. The maximum atomic E-state index is 13.9. The van der Waals surface area contributed by atoms with E-state index in [1.54, 1.807) is 6.92 Å². The zero-order valence-corrected chi connectivity index (χ0v) is 15.3. The van der Waals surface area contributed by atoms with E-state index >= 15 is 0 Å². The molecule has 2 heterocycles. The van der Waals surface area contributed by atoms with Gasteiger partial charge in [0.05, 0.1) is 0 Å². The third kappa shape index (κ3) is 4.12. The SMILES string of the molecule is C=C(C)/N=C(\C=C1/C(C)CC2CNCCN12)OCc1cccc(F)c1F. The molecular formula is C20H25F2N3O. The van der Waals surface area contributed by atoms with Crippen LogP contribution in [0.2, 0.25) is 0 Å². The second kappa shape index (κ2) is 7.99. The average molecular weight is 361 g/mol. The van der Waals surface area contributed by atoms with E-state index in [0.717, 1.165) is 32.1 Å². The van der Waals surface area contributed by atoms with Crippen molar-refractivity contribution >= 4 is 5.90 Å². The van der Waals surface area contributed by atoms with Crippen molar-refractivity contribution in [1.82, 2.24) is 10.2 Å². The van der Waals surface area contributed by atoms with Crippen LogP contribution in [0.15, 0.2) is 47.2 Å². The van der Waals surface area contributed by atoms with Gasteiger partial charge < -0.3 is 15.0 Å². The van der Waals surface area contributed by atoms with Crippen molar-refractivity contribution in [2.24, 2.45) is 10.9 Å². The van der Waals surface area contributed by atoms with Gasteiger partial charge in [-0.1, -0.05) is 25.6 Å². The summed E-state index contributed by atoms with van der Waals surface area (Å²) in [6.07, 6.45) is 3.00. The number of allylic oxidation sites excluding steroid dienone is 2. The Morgan fingerprint density at radius 1 is 1.46 bits per heavy atom. The van der Waals surface area contributed by atoms with Crippen molar-refractivity contribution in [1.29, 1.82) is 0 Å². The van der Waals surface area contributed by atoms with Crippen molar-refractivity contribution in [3.63, 3.8) is 0 Å². The number of halogens is 2. The van der Waals surface area contributed by atoms with E-state index in [0.29, 0.717) is 23.6 Å². The molecule has 0 amide bonds. The van der Waals surface area contributed by atoms with Crippen LogP contribution in [0, 0.1) is 17.6 Å². The number of rotatable bonds is 4. The summed E-state index contributed by atoms with van der Waals surface area (Å²) in [5.41, 5.74) is 1.94. The summed E-state index contributed by atoms with van der Waals surface area (Å²) >= 11 is 0. The van der Waals surface area contributed by atoms with E-state index in [1.807, 2.05) is 6.08 Å². The molecule has 4 nitrogen and oxygen atoms in total. The molecule has 0 bridgehead atoms. The van der Waals surface area contributed by atoms with Crippen molar-refractivity contribution < 1.29 is 13.5 Å². The van der Waals surface area contributed by atoms with Crippen molar-refractivity contribution in [2.75, 3.05) is 19.6 Å². The molecule has 2 atom stereocenters. The van der Waals surface area contributed by atoms with Gasteiger partial charge in [0.2, 0.25) is 5.90 Å². The van der Waals surface area contributed by atoms with E-state index < -0.39 is 11.6 Å². The van der Waals surface area contributed by atoms with E-state index in [4.69, 9.17) is 4.74 Å². The van der Waals surface area contributed by atoms with Crippen LogP contribution in [0.25, 0.3) is 0 Å². The molecule has 0 aliphatic carbocycles. The van der Waals surface area contributed by atoms with Gasteiger partial charge in [0.25, 0.3) is 0 Å². The third-order valence-corrected chi connectivity index (χ3v) is 4.79. The second-order valence-corrected chi connectivity index (χ2v) is 6.94. The highest BCUT2D eigenvalue weighted by atomic mass is 19.2. The Kier molecular flexibility index (Phi) is 5.71. The number of aliphatic imine (C=N–C) groups is 1. The molecule has 1 aromatic carbocycles. The van der Waals surface area contributed by atoms with Crippen LogP contribution < -0.4 is 5.32 Å². The van der Waals surface area contributed by atoms with Gasteiger partial charge in [-0.15, -0.1) is 0 Å². The van der Waals surface area contributed by atoms with E-state index in [1.165, 1.54) is 17.8 Å². The summed E-state index contributed by atoms with van der Waals surface area (Å²) in [5, 5.41) is 3.42. The smallest absolute Gasteiger partial charge is 0.215 e. The first-order chi connectivity index (χ1) is 12.5. The normalized spacial score (nSPS) is 24.7. The zero-order chi connectivity index (χ0) is 18.7. The lowest BCUT2D eigenvalue weighted by Gasteiger charge is -2.33. The van der Waals surface area contributed by atoms with E-state index in [2.05, 4.69) is 28.7 Å². The monoisotopic (exact) mass is 361 g/mol. The number of hydrogen-bond donors (Lipinski definition) is 1. The van der Waals surface area contributed by atoms with Gasteiger partial charge in [-0.2, -0.15) is 0 Å². The molecule has 6 heteroatoms. The number of hydrogen-bond acceptors (Lipinski definition) is 4. The Labute approximate surface area is 153 Å². The molecule has 2 unspecified atom stereocenters. The summed E-state index contributed by atoms with van der Waals surface area (Å²) in [7, 11) is 0. The number of fused-ring (bicyclic) bond motifs is 1. The van der Waals surface area contributed by atoms with Crippen molar-refractivity contribution in [3.05, 3.63) is 59.4 Å². The largest absolute Gasteiger partial charge is 0.473 e. The van der Waals surface area contributed by atoms with Gasteiger partial charge in [-0.05, 0) is 25.3 Å². The highest BCUT2D eigenvalue weighted by Crippen LogP contribution is 2.33. The van der Waals surface area contributed by atoms with Gasteiger partial charge in [0, 0.05) is 48.7 Å². The first-order valence-electron chi connectivity index (χ1n) is 8.94. The molecule has 2 saturated heterocycles. The summed E-state index contributed by atoms with van der Waals surface area (Å²) in [6.45, 7) is 10.5. The van der Waals surface area contributed by atoms with Crippen LogP contribution in [0.5, 0.6) is 0 Å². The van der Waals surface area contributed by atoms with Gasteiger partial charge in [-0.25, -0.2) is 13.8 Å². The minimum Gasteiger partial charge on any atom is -0.473 e.